The maximum absolute atomic E-state index is 6.14. The monoisotopic (exact) mass is 526 g/mol. The van der Waals surface area contributed by atoms with Crippen LogP contribution in [-0.2, 0) is 18.9 Å². The molecule has 4 heteroatoms. The molecule has 0 rings (SSSR count). The molecule has 37 heavy (non-hydrogen) atoms. The largest absolute Gasteiger partial charge is 0.475 e. The van der Waals surface area contributed by atoms with E-state index in [9.17, 15) is 0 Å². The van der Waals surface area contributed by atoms with E-state index in [2.05, 4.69) is 26.8 Å². The minimum atomic E-state index is 0.0119. The van der Waals surface area contributed by atoms with E-state index in [0.717, 1.165) is 39.1 Å². The van der Waals surface area contributed by atoms with Gasteiger partial charge in [-0.05, 0) is 51.0 Å². The van der Waals surface area contributed by atoms with Crippen molar-refractivity contribution in [2.45, 2.75) is 175 Å². The molecule has 0 atom stereocenters. The van der Waals surface area contributed by atoms with Crippen LogP contribution >= 0.6 is 0 Å². The van der Waals surface area contributed by atoms with Gasteiger partial charge in [0.2, 0.25) is 0 Å². The van der Waals surface area contributed by atoms with Gasteiger partial charge < -0.3 is 18.9 Å². The van der Waals surface area contributed by atoms with E-state index in [1.807, 2.05) is 6.26 Å². The molecule has 0 aromatic rings. The van der Waals surface area contributed by atoms with Crippen molar-refractivity contribution in [3.05, 3.63) is 12.3 Å². The topological polar surface area (TPSA) is 36.9 Å². The van der Waals surface area contributed by atoms with Gasteiger partial charge in [-0.25, -0.2) is 0 Å². The summed E-state index contributed by atoms with van der Waals surface area (Å²) in [4.78, 5) is 0. The fraction of sp³-hybridized carbons (Fsp3) is 0.939. The first kappa shape index (κ1) is 36.4. The van der Waals surface area contributed by atoms with E-state index in [1.54, 1.807) is 0 Å². The van der Waals surface area contributed by atoms with Gasteiger partial charge in [-0.3, -0.25) is 0 Å². The molecule has 0 aromatic carbocycles. The lowest BCUT2D eigenvalue weighted by Gasteiger charge is -2.19. The second kappa shape index (κ2) is 33.4. The normalized spacial score (nSPS) is 11.8. The second-order valence-corrected chi connectivity index (χ2v) is 10.7. The molecule has 4 nitrogen and oxygen atoms in total. The first-order valence-electron chi connectivity index (χ1n) is 16.4. The van der Waals surface area contributed by atoms with Gasteiger partial charge in [-0.1, -0.05) is 124 Å². The predicted molar refractivity (Wildman–Crippen MR) is 160 cm³/mol. The van der Waals surface area contributed by atoms with Crippen LogP contribution in [-0.4, -0.2) is 32.9 Å². The number of unbranched alkanes of at least 4 members (excludes halogenated alkanes) is 18. The predicted octanol–water partition coefficient (Wildman–Crippen LogP) is 10.9. The van der Waals surface area contributed by atoms with Gasteiger partial charge >= 0.3 is 0 Å². The zero-order valence-corrected chi connectivity index (χ0v) is 25.5. The molecule has 0 radical (unpaired) electrons. The highest BCUT2D eigenvalue weighted by atomic mass is 16.7. The summed E-state index contributed by atoms with van der Waals surface area (Å²) < 4.78 is 23.1. The van der Waals surface area contributed by atoms with Crippen LogP contribution in [0, 0.1) is 0 Å². The smallest absolute Gasteiger partial charge is 0.188 e. The van der Waals surface area contributed by atoms with Crippen LogP contribution in [0.4, 0.5) is 0 Å². The summed E-state index contributed by atoms with van der Waals surface area (Å²) in [7, 11) is 0. The van der Waals surface area contributed by atoms with Gasteiger partial charge in [0.15, 0.2) is 13.1 Å². The minimum Gasteiger partial charge on any atom is -0.475 e. The van der Waals surface area contributed by atoms with Crippen LogP contribution in [0.3, 0.4) is 0 Å². The van der Waals surface area contributed by atoms with E-state index in [1.165, 1.54) is 128 Å². The molecular formula is C33H66O4. The van der Waals surface area contributed by atoms with Crippen molar-refractivity contribution in [1.29, 1.82) is 0 Å². The highest BCUT2D eigenvalue weighted by Gasteiger charge is 2.09. The van der Waals surface area contributed by atoms with Crippen LogP contribution in [0.15, 0.2) is 12.3 Å². The van der Waals surface area contributed by atoms with Crippen LogP contribution in [0.5, 0.6) is 0 Å². The minimum absolute atomic E-state index is 0.0119. The third-order valence-electron chi connectivity index (χ3n) is 6.90. The SMILES string of the molecule is CCCCCCCOC(CCCCCCCCCC=COCOCCCCCC)OCCCCCCC. The quantitative estimate of drug-likeness (QED) is 0.0496. The van der Waals surface area contributed by atoms with Crippen LogP contribution in [0.1, 0.15) is 168 Å². The number of rotatable bonds is 32. The summed E-state index contributed by atoms with van der Waals surface area (Å²) in [5.41, 5.74) is 0. The zero-order valence-electron chi connectivity index (χ0n) is 25.5. The van der Waals surface area contributed by atoms with Gasteiger partial charge in [0.1, 0.15) is 0 Å². The van der Waals surface area contributed by atoms with Gasteiger partial charge in [0.25, 0.3) is 0 Å². The van der Waals surface area contributed by atoms with Crippen molar-refractivity contribution in [2.75, 3.05) is 26.6 Å². The Morgan fingerprint density at radius 2 is 0.946 bits per heavy atom. The summed E-state index contributed by atoms with van der Waals surface area (Å²) >= 11 is 0. The van der Waals surface area contributed by atoms with E-state index >= 15 is 0 Å². The molecule has 0 spiro atoms. The number of hydrogen-bond donors (Lipinski definition) is 0. The molecule has 0 heterocycles. The zero-order chi connectivity index (χ0) is 26.9. The lowest BCUT2D eigenvalue weighted by Crippen LogP contribution is -2.19. The fourth-order valence-electron chi connectivity index (χ4n) is 4.43. The van der Waals surface area contributed by atoms with Crippen LogP contribution in [0.25, 0.3) is 0 Å². The van der Waals surface area contributed by atoms with Crippen molar-refractivity contribution in [3.8, 4) is 0 Å². The Labute approximate surface area is 232 Å². The van der Waals surface area contributed by atoms with E-state index in [0.29, 0.717) is 6.79 Å². The molecule has 0 saturated carbocycles. The molecule has 0 amide bonds. The molecule has 0 unspecified atom stereocenters. The van der Waals surface area contributed by atoms with E-state index < -0.39 is 0 Å². The van der Waals surface area contributed by atoms with Crippen molar-refractivity contribution in [3.63, 3.8) is 0 Å². The Morgan fingerprint density at radius 1 is 0.486 bits per heavy atom. The molecule has 0 aliphatic carbocycles. The molecular weight excluding hydrogens is 460 g/mol. The third-order valence-corrected chi connectivity index (χ3v) is 6.90. The lowest BCUT2D eigenvalue weighted by molar-refractivity contribution is -0.148. The van der Waals surface area contributed by atoms with Crippen molar-refractivity contribution < 1.29 is 18.9 Å². The Kier molecular flexibility index (Phi) is 32.9. The van der Waals surface area contributed by atoms with Crippen molar-refractivity contribution in [1.82, 2.24) is 0 Å². The van der Waals surface area contributed by atoms with Crippen LogP contribution < -0.4 is 0 Å². The Morgan fingerprint density at radius 3 is 1.54 bits per heavy atom. The molecule has 0 aromatic heterocycles. The summed E-state index contributed by atoms with van der Waals surface area (Å²) in [6.07, 6.45) is 33.0. The number of ether oxygens (including phenoxy) is 4. The summed E-state index contributed by atoms with van der Waals surface area (Å²) in [5, 5.41) is 0. The Hall–Kier alpha value is -0.580. The Bertz CT molecular complexity index is 411. The van der Waals surface area contributed by atoms with Crippen molar-refractivity contribution in [2.24, 2.45) is 0 Å². The van der Waals surface area contributed by atoms with Gasteiger partial charge in [-0.15, -0.1) is 0 Å². The highest BCUT2D eigenvalue weighted by Crippen LogP contribution is 2.15. The molecule has 0 fully saturated rings. The lowest BCUT2D eigenvalue weighted by atomic mass is 10.1. The van der Waals surface area contributed by atoms with E-state index in [-0.39, 0.29) is 6.29 Å². The van der Waals surface area contributed by atoms with Crippen molar-refractivity contribution >= 4 is 0 Å². The summed E-state index contributed by atoms with van der Waals surface area (Å²) in [6.45, 7) is 9.67. The number of hydrogen-bond acceptors (Lipinski definition) is 4. The molecule has 222 valence electrons. The van der Waals surface area contributed by atoms with Gasteiger partial charge in [-0.2, -0.15) is 0 Å². The summed E-state index contributed by atoms with van der Waals surface area (Å²) in [6, 6.07) is 0. The molecule has 0 aliphatic heterocycles. The third kappa shape index (κ3) is 31.5. The Balaban J connectivity index is 3.65. The standard InChI is InChI=1S/C33H66O4/c1-4-7-10-19-25-30-36-33(37-31-26-20-11-8-5-2)27-22-18-16-14-13-15-17-21-24-29-35-32-34-28-23-12-9-6-3/h24,29,33H,4-23,25-28,30-32H2,1-3H3. The number of allylic oxidation sites excluding steroid dienone is 1. The highest BCUT2D eigenvalue weighted by molar-refractivity contribution is 4.72. The molecule has 0 N–H and O–H groups in total. The first-order chi connectivity index (χ1) is 18.3. The second-order valence-electron chi connectivity index (χ2n) is 10.7. The average Bonchev–Trinajstić information content (AvgIpc) is 2.91. The van der Waals surface area contributed by atoms with E-state index in [4.69, 9.17) is 18.9 Å². The average molecular weight is 527 g/mol. The molecule has 0 saturated heterocycles. The molecule has 0 bridgehead atoms. The first-order valence-corrected chi connectivity index (χ1v) is 16.4. The fourth-order valence-corrected chi connectivity index (χ4v) is 4.43. The maximum Gasteiger partial charge on any atom is 0.188 e. The summed E-state index contributed by atoms with van der Waals surface area (Å²) in [5.74, 6) is 0. The van der Waals surface area contributed by atoms with Gasteiger partial charge in [0.05, 0.1) is 12.9 Å². The van der Waals surface area contributed by atoms with Crippen LogP contribution in [0.2, 0.25) is 0 Å². The van der Waals surface area contributed by atoms with Gasteiger partial charge in [0, 0.05) is 13.2 Å². The maximum atomic E-state index is 6.14. The molecule has 0 aliphatic rings.